The highest BCUT2D eigenvalue weighted by molar-refractivity contribution is 6.42. The Morgan fingerprint density at radius 3 is 2.31 bits per heavy atom. The zero-order chi connectivity index (χ0) is 42.8. The highest BCUT2D eigenvalue weighted by Crippen LogP contribution is 2.41. The number of halogens is 2. The first kappa shape index (κ1) is 41.2. The van der Waals surface area contributed by atoms with Crippen molar-refractivity contribution in [1.29, 1.82) is 0 Å². The van der Waals surface area contributed by atoms with Gasteiger partial charge in [0.1, 0.15) is 36.8 Å². The van der Waals surface area contributed by atoms with Crippen molar-refractivity contribution in [3.63, 3.8) is 0 Å². The number of phenols is 1. The number of aryl methyl sites for hydroxylation is 1. The molecule has 0 spiro atoms. The second kappa shape index (κ2) is 17.6. The summed E-state index contributed by atoms with van der Waals surface area (Å²) < 4.78 is 18.6. The van der Waals surface area contributed by atoms with E-state index in [-0.39, 0.29) is 37.3 Å². The summed E-state index contributed by atoms with van der Waals surface area (Å²) in [5.41, 5.74) is 8.23. The van der Waals surface area contributed by atoms with Crippen LogP contribution >= 0.6 is 23.2 Å². The molecule has 0 aliphatic carbocycles. The van der Waals surface area contributed by atoms with Gasteiger partial charge in [0, 0.05) is 36.8 Å². The molecule has 11 nitrogen and oxygen atoms in total. The number of fused-ring (bicyclic) bond motifs is 2. The van der Waals surface area contributed by atoms with Crippen molar-refractivity contribution in [1.82, 2.24) is 15.2 Å². The third-order valence-electron chi connectivity index (χ3n) is 11.2. The average molecular weight is 859 g/mol. The minimum absolute atomic E-state index is 0.0120. The van der Waals surface area contributed by atoms with Crippen LogP contribution in [0, 0.1) is 13.8 Å². The molecular formula is C48H41Cl2N3O8. The zero-order valence-corrected chi connectivity index (χ0v) is 34.7. The Bertz CT molecular complexity index is 2620. The van der Waals surface area contributed by atoms with Crippen LogP contribution < -0.4 is 19.5 Å². The van der Waals surface area contributed by atoms with Crippen LogP contribution in [0.3, 0.4) is 0 Å². The van der Waals surface area contributed by atoms with E-state index in [4.69, 9.17) is 37.4 Å². The van der Waals surface area contributed by atoms with Crippen molar-refractivity contribution >= 4 is 41.0 Å². The highest BCUT2D eigenvalue weighted by Gasteiger charge is 2.38. The summed E-state index contributed by atoms with van der Waals surface area (Å²) in [5.74, 6) is -0.632. The number of nitrogens with one attached hydrogen (secondary N) is 1. The van der Waals surface area contributed by atoms with Gasteiger partial charge in [0.2, 0.25) is 5.91 Å². The van der Waals surface area contributed by atoms with Crippen molar-refractivity contribution in [3.05, 3.63) is 170 Å². The van der Waals surface area contributed by atoms with Crippen molar-refractivity contribution < 1.29 is 38.8 Å². The van der Waals surface area contributed by atoms with Gasteiger partial charge in [-0.25, -0.2) is 4.79 Å². The van der Waals surface area contributed by atoms with Gasteiger partial charge in [-0.05, 0) is 125 Å². The molecule has 2 aliphatic heterocycles. The summed E-state index contributed by atoms with van der Waals surface area (Å²) in [6, 6.07) is 29.5. The number of nitrogens with zero attached hydrogens (tertiary/aromatic N) is 2. The number of benzene rings is 5. The fourth-order valence-electron chi connectivity index (χ4n) is 7.58. The van der Waals surface area contributed by atoms with Crippen LogP contribution in [0.25, 0.3) is 11.1 Å². The summed E-state index contributed by atoms with van der Waals surface area (Å²) >= 11 is 12.2. The molecule has 3 N–H and O–H groups in total. The summed E-state index contributed by atoms with van der Waals surface area (Å²) in [4.78, 5) is 46.7. The second-order valence-electron chi connectivity index (χ2n) is 15.2. The molecule has 310 valence electrons. The van der Waals surface area contributed by atoms with E-state index in [1.165, 1.54) is 29.2 Å². The van der Waals surface area contributed by atoms with Crippen molar-refractivity contribution in [2.75, 3.05) is 6.61 Å². The van der Waals surface area contributed by atoms with E-state index in [2.05, 4.69) is 10.3 Å². The van der Waals surface area contributed by atoms with Crippen LogP contribution in [0.4, 0.5) is 0 Å². The number of hydrogen-bond donors (Lipinski definition) is 3. The molecule has 13 heteroatoms. The third-order valence-corrected chi connectivity index (χ3v) is 11.9. The molecular weight excluding hydrogens is 817 g/mol. The van der Waals surface area contributed by atoms with Crippen LogP contribution in [0.1, 0.15) is 55.5 Å². The van der Waals surface area contributed by atoms with Crippen LogP contribution in [-0.2, 0) is 35.6 Å². The van der Waals surface area contributed by atoms with E-state index in [0.717, 1.165) is 50.2 Å². The first-order valence-corrected chi connectivity index (χ1v) is 20.4. The Morgan fingerprint density at radius 2 is 1.59 bits per heavy atom. The van der Waals surface area contributed by atoms with Gasteiger partial charge < -0.3 is 34.6 Å². The molecule has 1 aromatic heterocycles. The molecule has 8 rings (SSSR count). The topological polar surface area (TPSA) is 148 Å². The van der Waals surface area contributed by atoms with Gasteiger partial charge in [-0.1, -0.05) is 65.7 Å². The lowest BCUT2D eigenvalue weighted by Gasteiger charge is -2.37. The molecule has 0 saturated carbocycles. The van der Waals surface area contributed by atoms with Gasteiger partial charge in [-0.2, -0.15) is 0 Å². The number of pyridine rings is 1. The fraction of sp³-hybridized carbons (Fsp3) is 0.208. The Balaban J connectivity index is 0.989. The lowest BCUT2D eigenvalue weighted by atomic mass is 9.91. The molecule has 3 heterocycles. The normalized spacial score (nSPS) is 16.0. The van der Waals surface area contributed by atoms with Crippen molar-refractivity contribution in [2.24, 2.45) is 0 Å². The third kappa shape index (κ3) is 9.13. The molecule has 2 aliphatic rings. The molecule has 2 amide bonds. The summed E-state index contributed by atoms with van der Waals surface area (Å²) in [7, 11) is 0. The first-order valence-electron chi connectivity index (χ1n) is 19.7. The summed E-state index contributed by atoms with van der Waals surface area (Å²) in [6.07, 6.45) is 1.45. The number of carboxylic acid groups (broad SMARTS) is 1. The molecule has 0 radical (unpaired) electrons. The number of amides is 2. The molecule has 3 atom stereocenters. The van der Waals surface area contributed by atoms with Crippen LogP contribution in [0.5, 0.6) is 23.0 Å². The molecule has 6 aromatic rings. The van der Waals surface area contributed by atoms with Crippen LogP contribution in [0.15, 0.2) is 115 Å². The van der Waals surface area contributed by atoms with Crippen LogP contribution in [0.2, 0.25) is 10.0 Å². The predicted molar refractivity (Wildman–Crippen MR) is 230 cm³/mol. The highest BCUT2D eigenvalue weighted by atomic mass is 35.5. The number of aromatic hydroxyl groups is 1. The van der Waals surface area contributed by atoms with Crippen molar-refractivity contribution in [2.45, 2.75) is 58.0 Å². The standard InChI is InChI=1S/C48H41Cl2N3O8/c1-27-28(2)51-18-17-38(27)31-6-3-29(4-7-31)20-41(48(57)58)52-46(55)42-21-34-22-43-44(23-35(34)24-53(42)47(56)33-8-12-36(54)13-9-33)61-45(26-60-43)32-10-14-37(15-11-32)59-25-30-5-16-39(49)40(50)19-30/h3-19,22-23,41-42,45,54H,20-21,24-26H2,1-2H3,(H,52,55)(H,57,58)/t41?,42-,45+/m0/s1. The second-order valence-corrected chi connectivity index (χ2v) is 16.0. The lowest BCUT2D eigenvalue weighted by Crippen LogP contribution is -2.56. The van der Waals surface area contributed by atoms with E-state index in [1.807, 2.05) is 86.6 Å². The van der Waals surface area contributed by atoms with E-state index in [0.29, 0.717) is 33.9 Å². The Hall–Kier alpha value is -6.56. The van der Waals surface area contributed by atoms with Crippen molar-refractivity contribution in [3.8, 4) is 34.1 Å². The summed E-state index contributed by atoms with van der Waals surface area (Å²) in [5, 5.41) is 23.9. The minimum atomic E-state index is -1.27. The van der Waals surface area contributed by atoms with Gasteiger partial charge in [-0.3, -0.25) is 14.6 Å². The van der Waals surface area contributed by atoms with Crippen LogP contribution in [-0.4, -0.2) is 56.6 Å². The number of aromatic nitrogens is 1. The van der Waals surface area contributed by atoms with Gasteiger partial charge in [0.25, 0.3) is 5.91 Å². The van der Waals surface area contributed by atoms with E-state index in [1.54, 1.807) is 18.3 Å². The Kier molecular flexibility index (Phi) is 11.9. The van der Waals surface area contributed by atoms with E-state index < -0.39 is 36.0 Å². The predicted octanol–water partition coefficient (Wildman–Crippen LogP) is 8.85. The minimum Gasteiger partial charge on any atom is -0.508 e. The van der Waals surface area contributed by atoms with E-state index >= 15 is 0 Å². The quantitative estimate of drug-likeness (QED) is 0.116. The maximum atomic E-state index is 14.2. The molecule has 0 fully saturated rings. The fourth-order valence-corrected chi connectivity index (χ4v) is 7.91. The van der Waals surface area contributed by atoms with Gasteiger partial charge >= 0.3 is 5.97 Å². The van der Waals surface area contributed by atoms with Gasteiger partial charge in [0.05, 0.1) is 10.0 Å². The number of aliphatic carboxylic acids is 1. The number of carbonyl (C=O) groups excluding carboxylic acids is 2. The number of rotatable bonds is 11. The average Bonchev–Trinajstić information content (AvgIpc) is 3.26. The molecule has 61 heavy (non-hydrogen) atoms. The summed E-state index contributed by atoms with van der Waals surface area (Å²) in [6.45, 7) is 4.53. The Morgan fingerprint density at radius 1 is 0.869 bits per heavy atom. The number of ether oxygens (including phenoxy) is 3. The molecule has 0 saturated heterocycles. The lowest BCUT2D eigenvalue weighted by molar-refractivity contribution is -0.142. The number of carboxylic acids is 1. The SMILES string of the molecule is Cc1nccc(-c2ccc(CC(NC(=O)[C@@H]3Cc4cc5c(cc4CN3C(=O)c3ccc(O)cc3)O[C@@H](c3ccc(OCc4ccc(Cl)c(Cl)c4)cc3)CO5)C(=O)O)cc2)c1C. The molecule has 5 aromatic carbocycles. The molecule has 1 unspecified atom stereocenters. The Labute approximate surface area is 362 Å². The number of phenolic OH excluding ortho intramolecular Hbond substituents is 1. The number of hydrogen-bond acceptors (Lipinski definition) is 8. The maximum absolute atomic E-state index is 14.2. The zero-order valence-electron chi connectivity index (χ0n) is 33.2. The molecule has 0 bridgehead atoms. The monoisotopic (exact) mass is 857 g/mol. The first-order chi connectivity index (χ1) is 29.4. The smallest absolute Gasteiger partial charge is 0.326 e. The van der Waals surface area contributed by atoms with Gasteiger partial charge in [-0.15, -0.1) is 0 Å². The number of carbonyl (C=O) groups is 3. The maximum Gasteiger partial charge on any atom is 0.326 e. The van der Waals surface area contributed by atoms with E-state index in [9.17, 15) is 24.6 Å². The van der Waals surface area contributed by atoms with Gasteiger partial charge in [0.15, 0.2) is 17.6 Å². The largest absolute Gasteiger partial charge is 0.508 e.